The van der Waals surface area contributed by atoms with Crippen molar-refractivity contribution in [2.75, 3.05) is 0 Å². The van der Waals surface area contributed by atoms with Crippen molar-refractivity contribution in [3.8, 4) is 6.07 Å². The maximum Gasteiger partial charge on any atom is 0.220 e. The lowest BCUT2D eigenvalue weighted by Gasteiger charge is -2.17. The molecule has 0 aromatic heterocycles. The first-order chi connectivity index (χ1) is 8.26. The van der Waals surface area contributed by atoms with E-state index in [1.807, 2.05) is 6.92 Å². The van der Waals surface area contributed by atoms with Crippen molar-refractivity contribution in [3.63, 3.8) is 0 Å². The minimum atomic E-state index is 0.0401. The van der Waals surface area contributed by atoms with Crippen LogP contribution in [0.15, 0.2) is 0 Å². The Hall–Kier alpha value is -1.04. The smallest absolute Gasteiger partial charge is 0.220 e. The van der Waals surface area contributed by atoms with E-state index >= 15 is 0 Å². The fourth-order valence-electron chi connectivity index (χ4n) is 2.52. The third kappa shape index (κ3) is 5.72. The van der Waals surface area contributed by atoms with Gasteiger partial charge < -0.3 is 5.32 Å². The molecule has 0 aromatic carbocycles. The first-order valence-corrected chi connectivity index (χ1v) is 6.92. The first-order valence-electron chi connectivity index (χ1n) is 6.92. The normalized spacial score (nSPS) is 19.1. The molecule has 1 amide bonds. The Morgan fingerprint density at radius 1 is 1.35 bits per heavy atom. The van der Waals surface area contributed by atoms with Gasteiger partial charge in [0.05, 0.1) is 12.5 Å². The van der Waals surface area contributed by atoms with Crippen LogP contribution in [0.5, 0.6) is 0 Å². The minimum Gasteiger partial charge on any atom is -0.352 e. The van der Waals surface area contributed by atoms with Crippen LogP contribution in [-0.2, 0) is 4.79 Å². The molecule has 0 spiro atoms. The van der Waals surface area contributed by atoms with E-state index in [0.717, 1.165) is 6.42 Å². The van der Waals surface area contributed by atoms with Crippen LogP contribution >= 0.6 is 0 Å². The topological polar surface area (TPSA) is 52.9 Å². The second-order valence-corrected chi connectivity index (χ2v) is 5.10. The highest BCUT2D eigenvalue weighted by Crippen LogP contribution is 2.25. The second-order valence-electron chi connectivity index (χ2n) is 5.10. The quantitative estimate of drug-likeness (QED) is 0.745. The molecule has 1 unspecified atom stereocenters. The van der Waals surface area contributed by atoms with Gasteiger partial charge in [-0.1, -0.05) is 32.6 Å². The fourth-order valence-corrected chi connectivity index (χ4v) is 2.52. The van der Waals surface area contributed by atoms with Crippen LogP contribution in [0.1, 0.15) is 64.7 Å². The Labute approximate surface area is 105 Å². The largest absolute Gasteiger partial charge is 0.352 e. The SMILES string of the molecule is CCC(CC#N)NC(=O)CC1CCCCCC1. The van der Waals surface area contributed by atoms with Crippen LogP contribution in [0.2, 0.25) is 0 Å². The average molecular weight is 236 g/mol. The lowest BCUT2D eigenvalue weighted by atomic mass is 9.96. The number of hydrogen-bond donors (Lipinski definition) is 1. The fraction of sp³-hybridized carbons (Fsp3) is 0.857. The van der Waals surface area contributed by atoms with E-state index in [-0.39, 0.29) is 11.9 Å². The summed E-state index contributed by atoms with van der Waals surface area (Å²) in [6.07, 6.45) is 9.50. The van der Waals surface area contributed by atoms with E-state index in [2.05, 4.69) is 11.4 Å². The average Bonchev–Trinajstić information content (AvgIpc) is 2.57. The third-order valence-electron chi connectivity index (χ3n) is 3.64. The van der Waals surface area contributed by atoms with Crippen LogP contribution in [-0.4, -0.2) is 11.9 Å². The molecule has 0 aliphatic heterocycles. The standard InChI is InChI=1S/C14H24N2O/c1-2-13(9-10-15)16-14(17)11-12-7-5-3-4-6-8-12/h12-13H,2-9,11H2,1H3,(H,16,17). The highest BCUT2D eigenvalue weighted by atomic mass is 16.1. The van der Waals surface area contributed by atoms with Gasteiger partial charge in [-0.15, -0.1) is 0 Å². The van der Waals surface area contributed by atoms with Gasteiger partial charge in [-0.05, 0) is 25.2 Å². The van der Waals surface area contributed by atoms with E-state index in [0.29, 0.717) is 18.8 Å². The maximum absolute atomic E-state index is 11.8. The lowest BCUT2D eigenvalue weighted by Crippen LogP contribution is -2.35. The van der Waals surface area contributed by atoms with E-state index in [4.69, 9.17) is 5.26 Å². The number of rotatable bonds is 5. The van der Waals surface area contributed by atoms with Crippen molar-refractivity contribution in [3.05, 3.63) is 0 Å². The molecule has 0 saturated heterocycles. The zero-order valence-corrected chi connectivity index (χ0v) is 10.9. The molecule has 1 rings (SSSR count). The number of carbonyl (C=O) groups excluding carboxylic acids is 1. The van der Waals surface area contributed by atoms with E-state index < -0.39 is 0 Å². The summed E-state index contributed by atoms with van der Waals surface area (Å²) in [7, 11) is 0. The lowest BCUT2D eigenvalue weighted by molar-refractivity contribution is -0.122. The van der Waals surface area contributed by atoms with Crippen molar-refractivity contribution in [2.24, 2.45) is 5.92 Å². The number of amides is 1. The first kappa shape index (κ1) is 14.0. The summed E-state index contributed by atoms with van der Waals surface area (Å²) in [6.45, 7) is 2.01. The summed E-state index contributed by atoms with van der Waals surface area (Å²) in [5.74, 6) is 0.705. The van der Waals surface area contributed by atoms with Gasteiger partial charge in [-0.3, -0.25) is 4.79 Å². The molecule has 1 atom stereocenters. The van der Waals surface area contributed by atoms with Crippen molar-refractivity contribution in [1.82, 2.24) is 5.32 Å². The van der Waals surface area contributed by atoms with Gasteiger partial charge in [-0.25, -0.2) is 0 Å². The van der Waals surface area contributed by atoms with Gasteiger partial charge in [-0.2, -0.15) is 5.26 Å². The Bertz CT molecular complexity index is 262. The molecular weight excluding hydrogens is 212 g/mol. The number of nitrogens with one attached hydrogen (secondary N) is 1. The maximum atomic E-state index is 11.8. The van der Waals surface area contributed by atoms with Gasteiger partial charge >= 0.3 is 0 Å². The van der Waals surface area contributed by atoms with Gasteiger partial charge in [0.15, 0.2) is 0 Å². The van der Waals surface area contributed by atoms with Crippen molar-refractivity contribution in [1.29, 1.82) is 5.26 Å². The molecule has 1 fully saturated rings. The Balaban J connectivity index is 2.29. The highest BCUT2D eigenvalue weighted by Gasteiger charge is 2.17. The summed E-state index contributed by atoms with van der Waals surface area (Å²) in [6, 6.07) is 2.16. The molecule has 96 valence electrons. The van der Waals surface area contributed by atoms with Gasteiger partial charge in [0.25, 0.3) is 0 Å². The summed E-state index contributed by atoms with van der Waals surface area (Å²) < 4.78 is 0. The van der Waals surface area contributed by atoms with Gasteiger partial charge in [0.2, 0.25) is 5.91 Å². The van der Waals surface area contributed by atoms with Gasteiger partial charge in [0.1, 0.15) is 0 Å². The monoisotopic (exact) mass is 236 g/mol. The summed E-state index contributed by atoms with van der Waals surface area (Å²) in [4.78, 5) is 11.8. The van der Waals surface area contributed by atoms with E-state index in [1.165, 1.54) is 38.5 Å². The molecule has 1 aliphatic rings. The summed E-state index contributed by atoms with van der Waals surface area (Å²) in [5, 5.41) is 11.6. The highest BCUT2D eigenvalue weighted by molar-refractivity contribution is 5.76. The number of nitrogens with zero attached hydrogens (tertiary/aromatic N) is 1. The van der Waals surface area contributed by atoms with Crippen LogP contribution < -0.4 is 5.32 Å². The molecular formula is C14H24N2O. The molecule has 1 aliphatic carbocycles. The van der Waals surface area contributed by atoms with E-state index in [9.17, 15) is 4.79 Å². The molecule has 0 bridgehead atoms. The third-order valence-corrected chi connectivity index (χ3v) is 3.64. The van der Waals surface area contributed by atoms with Crippen molar-refractivity contribution in [2.45, 2.75) is 70.8 Å². The molecule has 0 aromatic rings. The molecule has 0 radical (unpaired) electrons. The second kappa shape index (κ2) is 8.11. The zero-order chi connectivity index (χ0) is 12.5. The van der Waals surface area contributed by atoms with Crippen molar-refractivity contribution < 1.29 is 4.79 Å². The van der Waals surface area contributed by atoms with E-state index in [1.54, 1.807) is 0 Å². The zero-order valence-electron chi connectivity index (χ0n) is 10.9. The molecule has 3 heteroatoms. The molecule has 1 N–H and O–H groups in total. The van der Waals surface area contributed by atoms with Crippen LogP contribution in [0.4, 0.5) is 0 Å². The van der Waals surface area contributed by atoms with Crippen LogP contribution in [0.3, 0.4) is 0 Å². The minimum absolute atomic E-state index is 0.0401. The van der Waals surface area contributed by atoms with Gasteiger partial charge in [0, 0.05) is 12.5 Å². The number of hydrogen-bond acceptors (Lipinski definition) is 2. The summed E-state index contributed by atoms with van der Waals surface area (Å²) in [5.41, 5.74) is 0. The molecule has 17 heavy (non-hydrogen) atoms. The molecule has 0 heterocycles. The molecule has 1 saturated carbocycles. The predicted octanol–water partition coefficient (Wildman–Crippen LogP) is 3.16. The van der Waals surface area contributed by atoms with Crippen LogP contribution in [0, 0.1) is 17.2 Å². The van der Waals surface area contributed by atoms with Crippen molar-refractivity contribution >= 4 is 5.91 Å². The number of carbonyl (C=O) groups is 1. The van der Waals surface area contributed by atoms with Crippen LogP contribution in [0.25, 0.3) is 0 Å². The predicted molar refractivity (Wildman–Crippen MR) is 68.3 cm³/mol. The Morgan fingerprint density at radius 3 is 2.53 bits per heavy atom. The Kier molecular flexibility index (Phi) is 6.69. The Morgan fingerprint density at radius 2 is 2.00 bits per heavy atom. The molecule has 3 nitrogen and oxygen atoms in total. The summed E-state index contributed by atoms with van der Waals surface area (Å²) >= 11 is 0. The number of nitriles is 1.